The van der Waals surface area contributed by atoms with Crippen LogP contribution in [0.3, 0.4) is 0 Å². The molecule has 2 unspecified atom stereocenters. The Morgan fingerprint density at radius 3 is 2.96 bits per heavy atom. The van der Waals surface area contributed by atoms with Crippen LogP contribution in [0.25, 0.3) is 0 Å². The summed E-state index contributed by atoms with van der Waals surface area (Å²) in [6.07, 6.45) is 2.31. The minimum absolute atomic E-state index is 0.0128. The molecule has 2 aromatic rings. The predicted octanol–water partition coefficient (Wildman–Crippen LogP) is 3.75. The molecule has 2 aromatic carbocycles. The van der Waals surface area contributed by atoms with Gasteiger partial charge >= 0.3 is 6.03 Å². The maximum Gasteiger partial charge on any atom is 0.315 e. The van der Waals surface area contributed by atoms with Crippen molar-refractivity contribution in [3.05, 3.63) is 65.0 Å². The van der Waals surface area contributed by atoms with Crippen LogP contribution in [0.5, 0.6) is 5.75 Å². The van der Waals surface area contributed by atoms with Crippen molar-refractivity contribution in [3.8, 4) is 5.75 Å². The lowest BCUT2D eigenvalue weighted by Crippen LogP contribution is -2.42. The van der Waals surface area contributed by atoms with Gasteiger partial charge in [0, 0.05) is 6.04 Å². The van der Waals surface area contributed by atoms with Gasteiger partial charge in [0.05, 0.1) is 13.2 Å². The van der Waals surface area contributed by atoms with Crippen molar-refractivity contribution in [2.75, 3.05) is 7.11 Å². The van der Waals surface area contributed by atoms with Crippen LogP contribution < -0.4 is 15.4 Å². The van der Waals surface area contributed by atoms with Crippen LogP contribution in [-0.2, 0) is 12.8 Å². The molecule has 0 saturated carbocycles. The van der Waals surface area contributed by atoms with Crippen molar-refractivity contribution in [1.29, 1.82) is 0 Å². The highest BCUT2D eigenvalue weighted by Crippen LogP contribution is 2.31. The fourth-order valence-corrected chi connectivity index (χ4v) is 3.36. The Bertz CT molecular complexity index is 763. The Kier molecular flexibility index (Phi) is 5.22. The second-order valence-electron chi connectivity index (χ2n) is 6.51. The first kappa shape index (κ1) is 17.3. The third kappa shape index (κ3) is 4.29. The summed E-state index contributed by atoms with van der Waals surface area (Å²) >= 11 is 0. The summed E-state index contributed by atoms with van der Waals surface area (Å²) in [5.41, 5.74) is 3.10. The number of carbonyl (C=O) groups excluding carboxylic acids is 1. The van der Waals surface area contributed by atoms with E-state index in [9.17, 15) is 9.18 Å². The summed E-state index contributed by atoms with van der Waals surface area (Å²) in [5.74, 6) is 0.583. The van der Waals surface area contributed by atoms with Crippen LogP contribution in [0.4, 0.5) is 9.18 Å². The average molecular weight is 342 g/mol. The smallest absolute Gasteiger partial charge is 0.315 e. The number of carbonyl (C=O) groups is 1. The van der Waals surface area contributed by atoms with Crippen LogP contribution in [-0.4, -0.2) is 19.2 Å². The fraction of sp³-hybridized carbons (Fsp3) is 0.350. The molecule has 0 spiro atoms. The molecule has 0 radical (unpaired) electrons. The number of benzene rings is 2. The minimum Gasteiger partial charge on any atom is -0.497 e. The van der Waals surface area contributed by atoms with Gasteiger partial charge in [0.25, 0.3) is 0 Å². The van der Waals surface area contributed by atoms with E-state index in [0.29, 0.717) is 0 Å². The Morgan fingerprint density at radius 2 is 2.16 bits per heavy atom. The van der Waals surface area contributed by atoms with E-state index in [4.69, 9.17) is 4.74 Å². The third-order valence-corrected chi connectivity index (χ3v) is 4.54. The lowest BCUT2D eigenvalue weighted by Gasteiger charge is -2.19. The highest BCUT2D eigenvalue weighted by Gasteiger charge is 2.24. The monoisotopic (exact) mass is 342 g/mol. The standard InChI is InChI=1S/C20H23FN2O2/c1-13(10-14-4-3-5-17(11-14)25-2)22-20(24)23-19-9-6-15-12-16(21)7-8-18(15)19/h3-5,7-8,11-13,19H,6,9-10H2,1-2H3,(H2,22,23,24). The van der Waals surface area contributed by atoms with Crippen LogP contribution >= 0.6 is 0 Å². The van der Waals surface area contributed by atoms with Gasteiger partial charge in [-0.3, -0.25) is 0 Å². The van der Waals surface area contributed by atoms with Gasteiger partial charge < -0.3 is 15.4 Å². The number of hydrogen-bond donors (Lipinski definition) is 2. The molecule has 0 heterocycles. The number of nitrogens with one attached hydrogen (secondary N) is 2. The second-order valence-corrected chi connectivity index (χ2v) is 6.51. The van der Waals surface area contributed by atoms with Crippen molar-refractivity contribution in [2.45, 2.75) is 38.3 Å². The van der Waals surface area contributed by atoms with Gasteiger partial charge in [0.2, 0.25) is 0 Å². The first-order chi connectivity index (χ1) is 12.0. The number of hydrogen-bond acceptors (Lipinski definition) is 2. The van der Waals surface area contributed by atoms with E-state index >= 15 is 0 Å². The maximum atomic E-state index is 13.3. The van der Waals surface area contributed by atoms with E-state index in [2.05, 4.69) is 10.6 Å². The van der Waals surface area contributed by atoms with Crippen molar-refractivity contribution in [3.63, 3.8) is 0 Å². The summed E-state index contributed by atoms with van der Waals surface area (Å²) in [6, 6.07) is 12.3. The molecule has 0 aliphatic heterocycles. The topological polar surface area (TPSA) is 50.4 Å². The zero-order valence-corrected chi connectivity index (χ0v) is 14.5. The number of aryl methyl sites for hydroxylation is 1. The van der Waals surface area contributed by atoms with Gasteiger partial charge in [-0.15, -0.1) is 0 Å². The van der Waals surface area contributed by atoms with Crippen molar-refractivity contribution >= 4 is 6.03 Å². The molecule has 25 heavy (non-hydrogen) atoms. The number of ether oxygens (including phenoxy) is 1. The maximum absolute atomic E-state index is 13.3. The van der Waals surface area contributed by atoms with Gasteiger partial charge in [-0.2, -0.15) is 0 Å². The summed E-state index contributed by atoms with van der Waals surface area (Å²) in [7, 11) is 1.64. The number of rotatable bonds is 5. The molecule has 0 bridgehead atoms. The largest absolute Gasteiger partial charge is 0.497 e. The van der Waals surface area contributed by atoms with Crippen LogP contribution in [0.2, 0.25) is 0 Å². The van der Waals surface area contributed by atoms with Crippen molar-refractivity contribution in [1.82, 2.24) is 10.6 Å². The average Bonchev–Trinajstić information content (AvgIpc) is 2.96. The molecule has 3 rings (SSSR count). The van der Waals surface area contributed by atoms with E-state index < -0.39 is 0 Å². The van der Waals surface area contributed by atoms with E-state index in [0.717, 1.165) is 41.7 Å². The molecule has 5 heteroatoms. The molecule has 2 amide bonds. The molecule has 2 atom stereocenters. The minimum atomic E-state index is -0.226. The molecule has 1 aliphatic carbocycles. The van der Waals surface area contributed by atoms with Crippen molar-refractivity contribution in [2.24, 2.45) is 0 Å². The SMILES string of the molecule is COc1cccc(CC(C)NC(=O)NC2CCc3cc(F)ccc32)c1. The van der Waals surface area contributed by atoms with Crippen LogP contribution in [0.1, 0.15) is 36.1 Å². The molecular formula is C20H23FN2O2. The third-order valence-electron chi connectivity index (χ3n) is 4.54. The normalized spacial score (nSPS) is 16.8. The molecule has 0 saturated heterocycles. The Balaban J connectivity index is 1.54. The molecule has 4 nitrogen and oxygen atoms in total. The number of methoxy groups -OCH3 is 1. The summed E-state index contributed by atoms with van der Waals surface area (Å²) < 4.78 is 18.5. The van der Waals surface area contributed by atoms with Crippen LogP contribution in [0, 0.1) is 5.82 Å². The number of fused-ring (bicyclic) bond motifs is 1. The first-order valence-corrected chi connectivity index (χ1v) is 8.53. The highest BCUT2D eigenvalue weighted by atomic mass is 19.1. The van der Waals surface area contributed by atoms with E-state index in [1.807, 2.05) is 31.2 Å². The number of amides is 2. The Morgan fingerprint density at radius 1 is 1.32 bits per heavy atom. The zero-order valence-electron chi connectivity index (χ0n) is 14.5. The molecule has 0 fully saturated rings. The fourth-order valence-electron chi connectivity index (χ4n) is 3.36. The molecule has 2 N–H and O–H groups in total. The molecule has 132 valence electrons. The van der Waals surface area contributed by atoms with E-state index in [1.54, 1.807) is 19.2 Å². The summed E-state index contributed by atoms with van der Waals surface area (Å²) in [5, 5.41) is 5.97. The predicted molar refractivity (Wildman–Crippen MR) is 95.3 cm³/mol. The van der Waals surface area contributed by atoms with Crippen molar-refractivity contribution < 1.29 is 13.9 Å². The lowest BCUT2D eigenvalue weighted by molar-refractivity contribution is 0.234. The van der Waals surface area contributed by atoms with Crippen LogP contribution in [0.15, 0.2) is 42.5 Å². The van der Waals surface area contributed by atoms with Gasteiger partial charge in [-0.25, -0.2) is 9.18 Å². The Labute approximate surface area is 147 Å². The van der Waals surface area contributed by atoms with Gasteiger partial charge in [0.1, 0.15) is 11.6 Å². The number of halogens is 1. The van der Waals surface area contributed by atoms with E-state index in [-0.39, 0.29) is 23.9 Å². The van der Waals surface area contributed by atoms with Gasteiger partial charge in [0.15, 0.2) is 0 Å². The second kappa shape index (κ2) is 7.55. The van der Waals surface area contributed by atoms with E-state index in [1.165, 1.54) is 6.07 Å². The lowest BCUT2D eigenvalue weighted by atomic mass is 10.1. The summed E-state index contributed by atoms with van der Waals surface area (Å²) in [4.78, 5) is 12.3. The van der Waals surface area contributed by atoms with Gasteiger partial charge in [-0.05, 0) is 67.1 Å². The zero-order chi connectivity index (χ0) is 17.8. The number of urea groups is 1. The molecule has 1 aliphatic rings. The first-order valence-electron chi connectivity index (χ1n) is 8.53. The highest BCUT2D eigenvalue weighted by molar-refractivity contribution is 5.75. The quantitative estimate of drug-likeness (QED) is 0.869. The summed E-state index contributed by atoms with van der Waals surface area (Å²) in [6.45, 7) is 1.97. The Hall–Kier alpha value is -2.56. The molecule has 0 aromatic heterocycles. The van der Waals surface area contributed by atoms with Gasteiger partial charge in [-0.1, -0.05) is 18.2 Å². The molecular weight excluding hydrogens is 319 g/mol.